The van der Waals surface area contributed by atoms with Crippen LogP contribution < -0.4 is 5.32 Å². The van der Waals surface area contributed by atoms with Gasteiger partial charge in [-0.2, -0.15) is 0 Å². The van der Waals surface area contributed by atoms with Crippen LogP contribution in [0.2, 0.25) is 0 Å². The van der Waals surface area contributed by atoms with Crippen molar-refractivity contribution in [2.24, 2.45) is 0 Å². The molecule has 3 nitrogen and oxygen atoms in total. The lowest BCUT2D eigenvalue weighted by atomic mass is 10.1. The molecule has 19 heavy (non-hydrogen) atoms. The van der Waals surface area contributed by atoms with Crippen molar-refractivity contribution in [1.29, 1.82) is 0 Å². The Labute approximate surface area is 117 Å². The standard InChI is InChI=1S/C16H26N2O/c1-4-14-9-7-10-15(13-14)17-16(19)11-8-12-18(5-2)6-3/h7,9-10,13H,4-6,8,11-12H2,1-3H3,(H,17,19). The number of anilines is 1. The van der Waals surface area contributed by atoms with Crippen LogP contribution >= 0.6 is 0 Å². The second-order valence-corrected chi connectivity index (χ2v) is 4.73. The number of nitrogens with one attached hydrogen (secondary N) is 1. The Morgan fingerprint density at radius 1 is 1.21 bits per heavy atom. The van der Waals surface area contributed by atoms with Gasteiger partial charge in [0.05, 0.1) is 0 Å². The minimum atomic E-state index is 0.111. The minimum absolute atomic E-state index is 0.111. The maximum atomic E-state index is 11.8. The Hall–Kier alpha value is -1.35. The summed E-state index contributed by atoms with van der Waals surface area (Å²) in [6.45, 7) is 9.52. The van der Waals surface area contributed by atoms with Crippen LogP contribution in [0.3, 0.4) is 0 Å². The molecule has 1 aromatic carbocycles. The summed E-state index contributed by atoms with van der Waals surface area (Å²) in [7, 11) is 0. The van der Waals surface area contributed by atoms with Crippen molar-refractivity contribution in [2.75, 3.05) is 25.0 Å². The first kappa shape index (κ1) is 15.7. The molecule has 0 radical (unpaired) electrons. The molecule has 1 amide bonds. The number of rotatable bonds is 8. The molecular weight excluding hydrogens is 236 g/mol. The Balaban J connectivity index is 2.34. The van der Waals surface area contributed by atoms with E-state index in [0.717, 1.165) is 38.2 Å². The summed E-state index contributed by atoms with van der Waals surface area (Å²) in [5, 5.41) is 2.97. The van der Waals surface area contributed by atoms with Crippen molar-refractivity contribution in [2.45, 2.75) is 40.0 Å². The number of carbonyl (C=O) groups is 1. The first-order valence-corrected chi connectivity index (χ1v) is 7.30. The normalized spacial score (nSPS) is 10.7. The quantitative estimate of drug-likeness (QED) is 0.779. The van der Waals surface area contributed by atoms with Gasteiger partial charge in [0, 0.05) is 12.1 Å². The average Bonchev–Trinajstić information content (AvgIpc) is 2.44. The van der Waals surface area contributed by atoms with Gasteiger partial charge in [0.15, 0.2) is 0 Å². The number of hydrogen-bond acceptors (Lipinski definition) is 2. The molecule has 0 saturated heterocycles. The van der Waals surface area contributed by atoms with Crippen LogP contribution in [0.1, 0.15) is 39.2 Å². The molecule has 106 valence electrons. The number of aryl methyl sites for hydroxylation is 1. The molecule has 0 atom stereocenters. The second-order valence-electron chi connectivity index (χ2n) is 4.73. The molecule has 0 fully saturated rings. The van der Waals surface area contributed by atoms with Crippen LogP contribution in [0, 0.1) is 0 Å². The number of benzene rings is 1. The van der Waals surface area contributed by atoms with E-state index in [4.69, 9.17) is 0 Å². The van der Waals surface area contributed by atoms with E-state index in [1.54, 1.807) is 0 Å². The maximum absolute atomic E-state index is 11.8. The highest BCUT2D eigenvalue weighted by Gasteiger charge is 2.04. The van der Waals surface area contributed by atoms with Gasteiger partial charge in [-0.25, -0.2) is 0 Å². The van der Waals surface area contributed by atoms with E-state index in [0.29, 0.717) is 6.42 Å². The highest BCUT2D eigenvalue weighted by molar-refractivity contribution is 5.90. The van der Waals surface area contributed by atoms with Gasteiger partial charge in [0.1, 0.15) is 0 Å². The number of nitrogens with zero attached hydrogens (tertiary/aromatic N) is 1. The minimum Gasteiger partial charge on any atom is -0.326 e. The Morgan fingerprint density at radius 2 is 1.95 bits per heavy atom. The van der Waals surface area contributed by atoms with E-state index in [2.05, 4.69) is 37.1 Å². The van der Waals surface area contributed by atoms with Crippen LogP contribution in [0.25, 0.3) is 0 Å². The molecule has 0 aliphatic carbocycles. The molecule has 0 saturated carbocycles. The van der Waals surface area contributed by atoms with E-state index in [1.165, 1.54) is 5.56 Å². The second kappa shape index (κ2) is 8.70. The van der Waals surface area contributed by atoms with Crippen molar-refractivity contribution in [3.63, 3.8) is 0 Å². The fourth-order valence-corrected chi connectivity index (χ4v) is 2.10. The summed E-state index contributed by atoms with van der Waals surface area (Å²) in [5.74, 6) is 0.111. The van der Waals surface area contributed by atoms with Crippen LogP contribution in [-0.4, -0.2) is 30.4 Å². The predicted octanol–water partition coefficient (Wildman–Crippen LogP) is 3.31. The molecule has 0 aliphatic rings. The Kier molecular flexibility index (Phi) is 7.19. The smallest absolute Gasteiger partial charge is 0.224 e. The SMILES string of the molecule is CCc1cccc(NC(=O)CCCN(CC)CC)c1. The number of carbonyl (C=O) groups excluding carboxylic acids is 1. The predicted molar refractivity (Wildman–Crippen MR) is 81.5 cm³/mol. The summed E-state index contributed by atoms with van der Waals surface area (Å²) >= 11 is 0. The van der Waals surface area contributed by atoms with Gasteiger partial charge in [-0.05, 0) is 50.2 Å². The molecule has 1 aromatic rings. The molecule has 1 rings (SSSR count). The van der Waals surface area contributed by atoms with Crippen molar-refractivity contribution in [3.8, 4) is 0 Å². The maximum Gasteiger partial charge on any atom is 0.224 e. The van der Waals surface area contributed by atoms with Crippen molar-refractivity contribution in [3.05, 3.63) is 29.8 Å². The molecule has 0 unspecified atom stereocenters. The summed E-state index contributed by atoms with van der Waals surface area (Å²) in [6.07, 6.45) is 2.50. The molecule has 0 heterocycles. The summed E-state index contributed by atoms with van der Waals surface area (Å²) in [5.41, 5.74) is 2.16. The van der Waals surface area contributed by atoms with E-state index in [1.807, 2.05) is 18.2 Å². The van der Waals surface area contributed by atoms with Gasteiger partial charge in [-0.15, -0.1) is 0 Å². The molecule has 3 heteroatoms. The fraction of sp³-hybridized carbons (Fsp3) is 0.562. The first-order valence-electron chi connectivity index (χ1n) is 7.30. The highest BCUT2D eigenvalue weighted by atomic mass is 16.1. The number of hydrogen-bond donors (Lipinski definition) is 1. The van der Waals surface area contributed by atoms with Crippen LogP contribution in [-0.2, 0) is 11.2 Å². The Bertz CT molecular complexity index is 386. The largest absolute Gasteiger partial charge is 0.326 e. The lowest BCUT2D eigenvalue weighted by molar-refractivity contribution is -0.116. The zero-order valence-electron chi connectivity index (χ0n) is 12.4. The first-order chi connectivity index (χ1) is 9.19. The van der Waals surface area contributed by atoms with Gasteiger partial charge < -0.3 is 10.2 Å². The van der Waals surface area contributed by atoms with Gasteiger partial charge in [0.25, 0.3) is 0 Å². The van der Waals surface area contributed by atoms with E-state index in [9.17, 15) is 4.79 Å². The van der Waals surface area contributed by atoms with Gasteiger partial charge >= 0.3 is 0 Å². The van der Waals surface area contributed by atoms with Crippen LogP contribution in [0.5, 0.6) is 0 Å². The van der Waals surface area contributed by atoms with Crippen molar-refractivity contribution >= 4 is 11.6 Å². The zero-order chi connectivity index (χ0) is 14.1. The summed E-state index contributed by atoms with van der Waals surface area (Å²) in [6, 6.07) is 8.06. The van der Waals surface area contributed by atoms with E-state index >= 15 is 0 Å². The monoisotopic (exact) mass is 262 g/mol. The average molecular weight is 262 g/mol. The van der Waals surface area contributed by atoms with Crippen molar-refractivity contribution < 1.29 is 4.79 Å². The molecule has 0 aromatic heterocycles. The third-order valence-corrected chi connectivity index (χ3v) is 3.39. The molecule has 1 N–H and O–H groups in total. The topological polar surface area (TPSA) is 32.3 Å². The molecule has 0 aliphatic heterocycles. The molecular formula is C16H26N2O. The third kappa shape index (κ3) is 5.88. The zero-order valence-corrected chi connectivity index (χ0v) is 12.4. The molecule has 0 bridgehead atoms. The van der Waals surface area contributed by atoms with Gasteiger partial charge in [-0.3, -0.25) is 4.79 Å². The van der Waals surface area contributed by atoms with Crippen LogP contribution in [0.4, 0.5) is 5.69 Å². The Morgan fingerprint density at radius 3 is 2.58 bits per heavy atom. The third-order valence-electron chi connectivity index (χ3n) is 3.39. The van der Waals surface area contributed by atoms with Gasteiger partial charge in [0.2, 0.25) is 5.91 Å². The van der Waals surface area contributed by atoms with Crippen molar-refractivity contribution in [1.82, 2.24) is 4.90 Å². The van der Waals surface area contributed by atoms with E-state index in [-0.39, 0.29) is 5.91 Å². The van der Waals surface area contributed by atoms with Gasteiger partial charge in [-0.1, -0.05) is 32.9 Å². The summed E-state index contributed by atoms with van der Waals surface area (Å²) < 4.78 is 0. The number of amides is 1. The van der Waals surface area contributed by atoms with E-state index < -0.39 is 0 Å². The fourth-order valence-electron chi connectivity index (χ4n) is 2.10. The molecule has 0 spiro atoms. The highest BCUT2D eigenvalue weighted by Crippen LogP contribution is 2.11. The lowest BCUT2D eigenvalue weighted by Crippen LogP contribution is -2.25. The summed E-state index contributed by atoms with van der Waals surface area (Å²) in [4.78, 5) is 14.2. The lowest BCUT2D eigenvalue weighted by Gasteiger charge is -2.17. The van der Waals surface area contributed by atoms with Crippen LogP contribution in [0.15, 0.2) is 24.3 Å².